The third-order valence-electron chi connectivity index (χ3n) is 5.43. The number of piperidine rings is 1. The molecule has 1 aliphatic rings. The number of hydrogen-bond donors (Lipinski definition) is 2. The number of nitrogens with one attached hydrogen (secondary N) is 2. The van der Waals surface area contributed by atoms with E-state index in [1.165, 1.54) is 0 Å². The van der Waals surface area contributed by atoms with Crippen LogP contribution in [0.15, 0.2) is 42.6 Å². The molecule has 2 amide bonds. The molecule has 6 nitrogen and oxygen atoms in total. The van der Waals surface area contributed by atoms with Crippen molar-refractivity contribution in [2.45, 2.75) is 33.2 Å². The first-order valence-corrected chi connectivity index (χ1v) is 9.80. The van der Waals surface area contributed by atoms with E-state index in [0.29, 0.717) is 18.2 Å². The molecule has 2 aromatic rings. The SMILES string of the molecule is Cc1cccc(NC(=O)C(=O)NCC2CCN(Cc3ccccn3)CC2)c1C. The van der Waals surface area contributed by atoms with Gasteiger partial charge in [0.2, 0.25) is 0 Å². The predicted molar refractivity (Wildman–Crippen MR) is 110 cm³/mol. The minimum Gasteiger partial charge on any atom is -0.348 e. The Labute approximate surface area is 166 Å². The lowest BCUT2D eigenvalue weighted by atomic mass is 9.96. The first-order valence-electron chi connectivity index (χ1n) is 9.80. The number of nitrogens with zero attached hydrogens (tertiary/aromatic N) is 2. The molecule has 148 valence electrons. The third kappa shape index (κ3) is 5.39. The lowest BCUT2D eigenvalue weighted by molar-refractivity contribution is -0.136. The highest BCUT2D eigenvalue weighted by Crippen LogP contribution is 2.19. The van der Waals surface area contributed by atoms with E-state index in [1.54, 1.807) is 0 Å². The molecule has 0 aliphatic carbocycles. The molecule has 1 aromatic carbocycles. The van der Waals surface area contributed by atoms with Crippen LogP contribution in [0.2, 0.25) is 0 Å². The highest BCUT2D eigenvalue weighted by atomic mass is 16.2. The van der Waals surface area contributed by atoms with Crippen LogP contribution in [0.1, 0.15) is 29.7 Å². The summed E-state index contributed by atoms with van der Waals surface area (Å²) in [7, 11) is 0. The number of anilines is 1. The van der Waals surface area contributed by atoms with Crippen LogP contribution in [0, 0.1) is 19.8 Å². The number of rotatable bonds is 5. The van der Waals surface area contributed by atoms with Gasteiger partial charge in [-0.3, -0.25) is 19.5 Å². The summed E-state index contributed by atoms with van der Waals surface area (Å²) in [6.07, 6.45) is 3.83. The van der Waals surface area contributed by atoms with Gasteiger partial charge in [-0.1, -0.05) is 18.2 Å². The summed E-state index contributed by atoms with van der Waals surface area (Å²) in [5, 5.41) is 5.50. The van der Waals surface area contributed by atoms with Gasteiger partial charge in [0.25, 0.3) is 0 Å². The quantitative estimate of drug-likeness (QED) is 0.782. The number of hydrogen-bond acceptors (Lipinski definition) is 4. The molecule has 2 N–H and O–H groups in total. The minimum atomic E-state index is -0.610. The summed E-state index contributed by atoms with van der Waals surface area (Å²) in [5.74, 6) is -0.782. The Kier molecular flexibility index (Phi) is 6.76. The summed E-state index contributed by atoms with van der Waals surface area (Å²) in [6, 6.07) is 11.6. The number of benzene rings is 1. The topological polar surface area (TPSA) is 74.3 Å². The van der Waals surface area contributed by atoms with Gasteiger partial charge in [0, 0.05) is 25.0 Å². The molecule has 1 aromatic heterocycles. The highest BCUT2D eigenvalue weighted by Gasteiger charge is 2.22. The zero-order valence-electron chi connectivity index (χ0n) is 16.6. The van der Waals surface area contributed by atoms with Gasteiger partial charge in [0.15, 0.2) is 0 Å². The molecule has 28 heavy (non-hydrogen) atoms. The van der Waals surface area contributed by atoms with Crippen molar-refractivity contribution in [1.29, 1.82) is 0 Å². The van der Waals surface area contributed by atoms with Crippen LogP contribution >= 0.6 is 0 Å². The molecule has 6 heteroatoms. The third-order valence-corrected chi connectivity index (χ3v) is 5.43. The molecular formula is C22H28N4O2. The van der Waals surface area contributed by atoms with E-state index in [0.717, 1.165) is 49.3 Å². The summed E-state index contributed by atoms with van der Waals surface area (Å²) in [5.41, 5.74) is 3.82. The second-order valence-corrected chi connectivity index (χ2v) is 7.45. The van der Waals surface area contributed by atoms with E-state index in [9.17, 15) is 9.59 Å². The second-order valence-electron chi connectivity index (χ2n) is 7.45. The first kappa shape index (κ1) is 20.0. The lowest BCUT2D eigenvalue weighted by Crippen LogP contribution is -2.41. The predicted octanol–water partition coefficient (Wildman–Crippen LogP) is 2.67. The van der Waals surface area contributed by atoms with E-state index < -0.39 is 11.8 Å². The maximum Gasteiger partial charge on any atom is 0.313 e. The van der Waals surface area contributed by atoms with Gasteiger partial charge in [-0.2, -0.15) is 0 Å². The Morgan fingerprint density at radius 3 is 2.57 bits per heavy atom. The van der Waals surface area contributed by atoms with E-state index in [2.05, 4.69) is 20.5 Å². The fourth-order valence-corrected chi connectivity index (χ4v) is 3.45. The van der Waals surface area contributed by atoms with Crippen molar-refractivity contribution in [2.75, 3.05) is 25.0 Å². The zero-order chi connectivity index (χ0) is 19.9. The molecule has 0 bridgehead atoms. The Morgan fingerprint density at radius 1 is 1.07 bits per heavy atom. The fraction of sp³-hybridized carbons (Fsp3) is 0.409. The van der Waals surface area contributed by atoms with Gasteiger partial charge in [0.1, 0.15) is 0 Å². The number of carbonyl (C=O) groups excluding carboxylic acids is 2. The summed E-state index contributed by atoms with van der Waals surface area (Å²) < 4.78 is 0. The zero-order valence-corrected chi connectivity index (χ0v) is 16.6. The lowest BCUT2D eigenvalue weighted by Gasteiger charge is -2.31. The molecule has 1 saturated heterocycles. The molecule has 1 fully saturated rings. The Balaban J connectivity index is 1.40. The number of likely N-dealkylation sites (tertiary alicyclic amines) is 1. The molecule has 0 atom stereocenters. The minimum absolute atomic E-state index is 0.400. The van der Waals surface area contributed by atoms with Crippen LogP contribution in [-0.2, 0) is 16.1 Å². The summed E-state index contributed by atoms with van der Waals surface area (Å²) in [6.45, 7) is 7.26. The molecule has 1 aliphatic heterocycles. The van der Waals surface area contributed by atoms with Crippen molar-refractivity contribution in [3.05, 3.63) is 59.4 Å². The van der Waals surface area contributed by atoms with Crippen LogP contribution in [0.4, 0.5) is 5.69 Å². The van der Waals surface area contributed by atoms with Gasteiger partial charge < -0.3 is 10.6 Å². The van der Waals surface area contributed by atoms with Crippen molar-refractivity contribution in [3.8, 4) is 0 Å². The number of carbonyl (C=O) groups is 2. The Morgan fingerprint density at radius 2 is 1.86 bits per heavy atom. The standard InChI is InChI=1S/C22H28N4O2/c1-16-6-5-8-20(17(16)2)25-22(28)21(27)24-14-18-9-12-26(13-10-18)15-19-7-3-4-11-23-19/h3-8,11,18H,9-10,12-15H2,1-2H3,(H,24,27)(H,25,28). The van der Waals surface area contributed by atoms with E-state index >= 15 is 0 Å². The molecular weight excluding hydrogens is 352 g/mol. The summed E-state index contributed by atoms with van der Waals surface area (Å²) >= 11 is 0. The van der Waals surface area contributed by atoms with Crippen LogP contribution in [-0.4, -0.2) is 41.3 Å². The monoisotopic (exact) mass is 380 g/mol. The van der Waals surface area contributed by atoms with Crippen molar-refractivity contribution in [1.82, 2.24) is 15.2 Å². The van der Waals surface area contributed by atoms with Crippen LogP contribution < -0.4 is 10.6 Å². The smallest absolute Gasteiger partial charge is 0.313 e. The van der Waals surface area contributed by atoms with Gasteiger partial charge in [0.05, 0.1) is 5.69 Å². The van der Waals surface area contributed by atoms with Crippen molar-refractivity contribution in [3.63, 3.8) is 0 Å². The van der Waals surface area contributed by atoms with Gasteiger partial charge >= 0.3 is 11.8 Å². The van der Waals surface area contributed by atoms with Gasteiger partial charge in [-0.25, -0.2) is 0 Å². The molecule has 0 spiro atoms. The van der Waals surface area contributed by atoms with Crippen LogP contribution in [0.25, 0.3) is 0 Å². The van der Waals surface area contributed by atoms with E-state index in [-0.39, 0.29) is 0 Å². The van der Waals surface area contributed by atoms with E-state index in [1.807, 2.05) is 56.4 Å². The molecule has 0 unspecified atom stereocenters. The number of pyridine rings is 1. The maximum atomic E-state index is 12.2. The normalized spacial score (nSPS) is 15.2. The highest BCUT2D eigenvalue weighted by molar-refractivity contribution is 6.39. The number of aromatic nitrogens is 1. The van der Waals surface area contributed by atoms with E-state index in [4.69, 9.17) is 0 Å². The molecule has 3 rings (SSSR count). The molecule has 0 radical (unpaired) electrons. The second kappa shape index (κ2) is 9.46. The van der Waals surface area contributed by atoms with Crippen molar-refractivity contribution in [2.24, 2.45) is 5.92 Å². The van der Waals surface area contributed by atoms with Crippen LogP contribution in [0.3, 0.4) is 0 Å². The largest absolute Gasteiger partial charge is 0.348 e. The van der Waals surface area contributed by atoms with Crippen LogP contribution in [0.5, 0.6) is 0 Å². The maximum absolute atomic E-state index is 12.2. The fourth-order valence-electron chi connectivity index (χ4n) is 3.45. The molecule has 0 saturated carbocycles. The van der Waals surface area contributed by atoms with Gasteiger partial charge in [-0.15, -0.1) is 0 Å². The van der Waals surface area contributed by atoms with Gasteiger partial charge in [-0.05, 0) is 75.0 Å². The molecule has 2 heterocycles. The summed E-state index contributed by atoms with van der Waals surface area (Å²) in [4.78, 5) is 31.1. The first-order chi connectivity index (χ1) is 13.5. The number of amides is 2. The average Bonchev–Trinajstić information content (AvgIpc) is 2.71. The average molecular weight is 380 g/mol. The number of aryl methyl sites for hydroxylation is 1. The Hall–Kier alpha value is -2.73. The van der Waals surface area contributed by atoms with Crippen molar-refractivity contribution >= 4 is 17.5 Å². The van der Waals surface area contributed by atoms with Crippen molar-refractivity contribution < 1.29 is 9.59 Å². The Bertz CT molecular complexity index is 815.